The van der Waals surface area contributed by atoms with Crippen LogP contribution in [-0.2, 0) is 0 Å². The number of hydrogen-bond donors (Lipinski definition) is 1. The quantitative estimate of drug-likeness (QED) is 0.341. The predicted molar refractivity (Wildman–Crippen MR) is 127 cm³/mol. The van der Waals surface area contributed by atoms with Gasteiger partial charge in [-0.1, -0.05) is 84.9 Å². The Balaban J connectivity index is 1.57. The van der Waals surface area contributed by atoms with E-state index in [0.29, 0.717) is 0 Å². The van der Waals surface area contributed by atoms with Gasteiger partial charge in [0.1, 0.15) is 11.6 Å². The Bertz CT molecular complexity index is 1270. The molecule has 1 N–H and O–H groups in total. The van der Waals surface area contributed by atoms with Gasteiger partial charge >= 0.3 is 0 Å². The molecule has 3 heteroatoms. The third-order valence-corrected chi connectivity index (χ3v) is 5.40. The third-order valence-electron chi connectivity index (χ3n) is 5.40. The van der Waals surface area contributed by atoms with Crippen molar-refractivity contribution in [3.63, 3.8) is 0 Å². The molecule has 4 aromatic carbocycles. The number of benzene rings is 4. The van der Waals surface area contributed by atoms with Gasteiger partial charge in [0.15, 0.2) is 0 Å². The number of nitrogens with one attached hydrogen (secondary N) is 1. The lowest BCUT2D eigenvalue weighted by Gasteiger charge is -2.05. The highest BCUT2D eigenvalue weighted by Crippen LogP contribution is 2.34. The molecule has 150 valence electrons. The highest BCUT2D eigenvalue weighted by atomic mass is 16.5. The van der Waals surface area contributed by atoms with E-state index in [0.717, 1.165) is 39.7 Å². The summed E-state index contributed by atoms with van der Waals surface area (Å²) in [5, 5.41) is 0. The Morgan fingerprint density at radius 3 is 1.68 bits per heavy atom. The van der Waals surface area contributed by atoms with Gasteiger partial charge in [0.05, 0.1) is 18.5 Å². The topological polar surface area (TPSA) is 37.9 Å². The van der Waals surface area contributed by atoms with Crippen molar-refractivity contribution in [1.29, 1.82) is 0 Å². The van der Waals surface area contributed by atoms with E-state index in [1.807, 2.05) is 36.4 Å². The molecule has 1 aromatic heterocycles. The van der Waals surface area contributed by atoms with E-state index in [1.165, 1.54) is 11.1 Å². The molecule has 0 aliphatic heterocycles. The van der Waals surface area contributed by atoms with E-state index >= 15 is 0 Å². The molecule has 1 heterocycles. The molecule has 31 heavy (non-hydrogen) atoms. The first-order valence-electron chi connectivity index (χ1n) is 10.3. The second-order valence-electron chi connectivity index (χ2n) is 7.35. The number of ether oxygens (including phenoxy) is 1. The number of aromatic nitrogens is 2. The lowest BCUT2D eigenvalue weighted by molar-refractivity contribution is 0.415. The Morgan fingerprint density at radius 2 is 1.06 bits per heavy atom. The molecule has 0 fully saturated rings. The predicted octanol–water partition coefficient (Wildman–Crippen LogP) is 7.09. The maximum absolute atomic E-state index is 5.32. The minimum atomic E-state index is 0.834. The molecule has 0 aliphatic carbocycles. The van der Waals surface area contributed by atoms with E-state index in [-0.39, 0.29) is 0 Å². The van der Waals surface area contributed by atoms with E-state index < -0.39 is 0 Å². The minimum Gasteiger partial charge on any atom is -0.497 e. The number of nitrogens with zero attached hydrogens (tertiary/aromatic N) is 1. The molecule has 3 nitrogen and oxygen atoms in total. The number of aromatic amines is 1. The van der Waals surface area contributed by atoms with Crippen LogP contribution in [0, 0.1) is 0 Å². The van der Waals surface area contributed by atoms with Crippen molar-refractivity contribution < 1.29 is 4.74 Å². The van der Waals surface area contributed by atoms with Crippen LogP contribution in [-0.4, -0.2) is 17.1 Å². The molecule has 5 rings (SSSR count). The van der Waals surface area contributed by atoms with Crippen molar-refractivity contribution >= 4 is 0 Å². The van der Waals surface area contributed by atoms with Gasteiger partial charge in [-0.05, 0) is 35.4 Å². The second kappa shape index (κ2) is 8.33. The van der Waals surface area contributed by atoms with Crippen molar-refractivity contribution in [2.75, 3.05) is 7.11 Å². The molecule has 0 atom stereocenters. The fourth-order valence-electron chi connectivity index (χ4n) is 3.73. The summed E-state index contributed by atoms with van der Waals surface area (Å²) in [6, 6.07) is 37.2. The van der Waals surface area contributed by atoms with Gasteiger partial charge < -0.3 is 9.72 Å². The normalized spacial score (nSPS) is 10.7. The molecule has 0 aliphatic rings. The van der Waals surface area contributed by atoms with Crippen LogP contribution in [0.15, 0.2) is 109 Å². The first kappa shape index (κ1) is 18.9. The van der Waals surface area contributed by atoms with Crippen LogP contribution in [0.1, 0.15) is 0 Å². The number of imidazole rings is 1. The number of hydrogen-bond acceptors (Lipinski definition) is 2. The highest BCUT2D eigenvalue weighted by molar-refractivity contribution is 5.81. The van der Waals surface area contributed by atoms with Crippen molar-refractivity contribution in [2.24, 2.45) is 0 Å². The summed E-state index contributed by atoms with van der Waals surface area (Å²) in [5.74, 6) is 1.69. The zero-order chi connectivity index (χ0) is 21.0. The molecule has 0 amide bonds. The van der Waals surface area contributed by atoms with E-state index in [1.54, 1.807) is 7.11 Å². The first-order chi connectivity index (χ1) is 15.3. The number of H-pyrrole nitrogens is 1. The lowest BCUT2D eigenvalue weighted by atomic mass is 10.0. The summed E-state index contributed by atoms with van der Waals surface area (Å²) in [7, 11) is 1.68. The molecule has 0 unspecified atom stereocenters. The molecular formula is C28H22N2O. The SMILES string of the molecule is COc1ccc(-c2[nH]c(-c3ccc(-c4ccccc4)cc3)nc2-c2ccccc2)cc1. The van der Waals surface area contributed by atoms with Crippen LogP contribution < -0.4 is 4.74 Å². The summed E-state index contributed by atoms with van der Waals surface area (Å²) >= 11 is 0. The lowest BCUT2D eigenvalue weighted by Crippen LogP contribution is -1.85. The molecular weight excluding hydrogens is 380 g/mol. The summed E-state index contributed by atoms with van der Waals surface area (Å²) < 4.78 is 5.32. The monoisotopic (exact) mass is 402 g/mol. The van der Waals surface area contributed by atoms with Gasteiger partial charge in [-0.2, -0.15) is 0 Å². The zero-order valence-electron chi connectivity index (χ0n) is 17.2. The largest absolute Gasteiger partial charge is 0.497 e. The Labute approximate surface area is 182 Å². The van der Waals surface area contributed by atoms with Gasteiger partial charge in [-0.25, -0.2) is 4.98 Å². The first-order valence-corrected chi connectivity index (χ1v) is 10.3. The van der Waals surface area contributed by atoms with Crippen LogP contribution in [0.3, 0.4) is 0 Å². The fraction of sp³-hybridized carbons (Fsp3) is 0.0357. The Morgan fingerprint density at radius 1 is 0.548 bits per heavy atom. The standard InChI is InChI=1S/C28H22N2O/c1-31-25-18-16-23(17-19-25)27-26(22-10-6-3-7-11-22)29-28(30-27)24-14-12-21(13-15-24)20-8-4-2-5-9-20/h2-19H,1H3,(H,29,30). The van der Waals surface area contributed by atoms with Crippen molar-refractivity contribution in [2.45, 2.75) is 0 Å². The smallest absolute Gasteiger partial charge is 0.138 e. The molecule has 5 aromatic rings. The van der Waals surface area contributed by atoms with Gasteiger partial charge in [0, 0.05) is 16.7 Å². The van der Waals surface area contributed by atoms with Crippen LogP contribution in [0.25, 0.3) is 45.0 Å². The maximum atomic E-state index is 5.32. The summed E-state index contributed by atoms with van der Waals surface area (Å²) in [6.07, 6.45) is 0. The van der Waals surface area contributed by atoms with Gasteiger partial charge in [0.25, 0.3) is 0 Å². The van der Waals surface area contributed by atoms with E-state index in [4.69, 9.17) is 9.72 Å². The van der Waals surface area contributed by atoms with Crippen LogP contribution >= 0.6 is 0 Å². The summed E-state index contributed by atoms with van der Waals surface area (Å²) in [4.78, 5) is 8.54. The van der Waals surface area contributed by atoms with Crippen LogP contribution in [0.5, 0.6) is 5.75 Å². The minimum absolute atomic E-state index is 0.834. The highest BCUT2D eigenvalue weighted by Gasteiger charge is 2.15. The van der Waals surface area contributed by atoms with Crippen LogP contribution in [0.4, 0.5) is 0 Å². The van der Waals surface area contributed by atoms with E-state index in [2.05, 4.69) is 77.8 Å². The molecule has 0 saturated heterocycles. The number of methoxy groups -OCH3 is 1. The van der Waals surface area contributed by atoms with Crippen molar-refractivity contribution in [1.82, 2.24) is 9.97 Å². The zero-order valence-corrected chi connectivity index (χ0v) is 17.2. The third kappa shape index (κ3) is 3.86. The van der Waals surface area contributed by atoms with E-state index in [9.17, 15) is 0 Å². The van der Waals surface area contributed by atoms with Crippen LogP contribution in [0.2, 0.25) is 0 Å². The Kier molecular flexibility index (Phi) is 5.07. The Hall–Kier alpha value is -4.11. The van der Waals surface area contributed by atoms with Crippen molar-refractivity contribution in [3.8, 4) is 50.8 Å². The summed E-state index contributed by atoms with van der Waals surface area (Å²) in [6.45, 7) is 0. The fourth-order valence-corrected chi connectivity index (χ4v) is 3.73. The molecule has 0 radical (unpaired) electrons. The average Bonchev–Trinajstić information content (AvgIpc) is 3.31. The molecule has 0 saturated carbocycles. The number of rotatable bonds is 5. The van der Waals surface area contributed by atoms with Gasteiger partial charge in [-0.3, -0.25) is 0 Å². The molecule has 0 bridgehead atoms. The van der Waals surface area contributed by atoms with Gasteiger partial charge in [0.2, 0.25) is 0 Å². The average molecular weight is 402 g/mol. The maximum Gasteiger partial charge on any atom is 0.138 e. The van der Waals surface area contributed by atoms with Gasteiger partial charge in [-0.15, -0.1) is 0 Å². The second-order valence-corrected chi connectivity index (χ2v) is 7.35. The summed E-state index contributed by atoms with van der Waals surface area (Å²) in [5.41, 5.74) is 7.53. The molecule has 0 spiro atoms. The van der Waals surface area contributed by atoms with Crippen molar-refractivity contribution in [3.05, 3.63) is 109 Å².